The molecule has 34 heavy (non-hydrogen) atoms. The van der Waals surface area contributed by atoms with Gasteiger partial charge in [0.2, 0.25) is 0 Å². The summed E-state index contributed by atoms with van der Waals surface area (Å²) in [5, 5.41) is 4.58. The van der Waals surface area contributed by atoms with Crippen molar-refractivity contribution in [1.82, 2.24) is 15.1 Å². The number of rotatable bonds is 9. The molecule has 2 heterocycles. The highest BCUT2D eigenvalue weighted by atomic mass is 35.5. The van der Waals surface area contributed by atoms with Crippen LogP contribution in [0.1, 0.15) is 41.6 Å². The number of ether oxygens (including phenoxy) is 1. The first kappa shape index (κ1) is 25.6. The molecule has 1 N–H and O–H groups in total. The number of likely N-dealkylation sites (tertiary alicyclic amines) is 2. The SMILES string of the molecule is CN1CCC(CCCOc2ccc(CN3CCC(NC(=O)c4ccc(Cl)c(Cl)c4)C3)cc2Cl)C1. The first-order valence-corrected chi connectivity index (χ1v) is 13.1. The molecule has 0 bridgehead atoms. The van der Waals surface area contributed by atoms with Gasteiger partial charge < -0.3 is 15.0 Å². The third-order valence-electron chi connectivity index (χ3n) is 6.70. The number of halogens is 3. The second kappa shape index (κ2) is 12.0. The summed E-state index contributed by atoms with van der Waals surface area (Å²) < 4.78 is 5.94. The quantitative estimate of drug-likeness (QED) is 0.424. The predicted octanol–water partition coefficient (Wildman–Crippen LogP) is 5.76. The van der Waals surface area contributed by atoms with Crippen LogP contribution in [0, 0.1) is 5.92 Å². The summed E-state index contributed by atoms with van der Waals surface area (Å²) in [6, 6.07) is 11.1. The van der Waals surface area contributed by atoms with Gasteiger partial charge in [-0.05, 0) is 81.1 Å². The van der Waals surface area contributed by atoms with Gasteiger partial charge in [0.1, 0.15) is 5.75 Å². The van der Waals surface area contributed by atoms with Crippen molar-refractivity contribution in [3.8, 4) is 5.75 Å². The van der Waals surface area contributed by atoms with Gasteiger partial charge in [0.15, 0.2) is 0 Å². The molecule has 0 saturated carbocycles. The van der Waals surface area contributed by atoms with Gasteiger partial charge in [-0.3, -0.25) is 9.69 Å². The van der Waals surface area contributed by atoms with E-state index in [1.165, 1.54) is 25.9 Å². The first-order valence-electron chi connectivity index (χ1n) is 12.0. The van der Waals surface area contributed by atoms with E-state index in [1.54, 1.807) is 18.2 Å². The smallest absolute Gasteiger partial charge is 0.251 e. The van der Waals surface area contributed by atoms with Crippen LogP contribution in [0.3, 0.4) is 0 Å². The molecule has 0 radical (unpaired) electrons. The molecule has 2 aliphatic heterocycles. The zero-order valence-corrected chi connectivity index (χ0v) is 21.8. The number of carbonyl (C=O) groups excluding carboxylic acids is 1. The number of nitrogens with zero attached hydrogens (tertiary/aromatic N) is 2. The lowest BCUT2D eigenvalue weighted by Gasteiger charge is -2.18. The minimum atomic E-state index is -0.130. The molecule has 2 aliphatic rings. The second-order valence-corrected chi connectivity index (χ2v) is 10.7. The summed E-state index contributed by atoms with van der Waals surface area (Å²) in [4.78, 5) is 17.3. The third kappa shape index (κ3) is 7.02. The largest absolute Gasteiger partial charge is 0.492 e. The van der Waals surface area contributed by atoms with Crippen LogP contribution in [-0.4, -0.2) is 61.6 Å². The van der Waals surface area contributed by atoms with Crippen molar-refractivity contribution < 1.29 is 9.53 Å². The van der Waals surface area contributed by atoms with Gasteiger partial charge in [0.05, 0.1) is 21.7 Å². The van der Waals surface area contributed by atoms with Crippen LogP contribution < -0.4 is 10.1 Å². The van der Waals surface area contributed by atoms with Crippen LogP contribution in [0.15, 0.2) is 36.4 Å². The maximum atomic E-state index is 12.5. The Bertz CT molecular complexity index is 1000. The molecule has 4 rings (SSSR count). The van der Waals surface area contributed by atoms with Crippen LogP contribution in [0.25, 0.3) is 0 Å². The Hall–Kier alpha value is -1.50. The van der Waals surface area contributed by atoms with Gasteiger partial charge in [-0.2, -0.15) is 0 Å². The van der Waals surface area contributed by atoms with E-state index in [0.29, 0.717) is 27.2 Å². The summed E-state index contributed by atoms with van der Waals surface area (Å²) in [5.74, 6) is 1.42. The average molecular weight is 525 g/mol. The van der Waals surface area contributed by atoms with Gasteiger partial charge >= 0.3 is 0 Å². The Morgan fingerprint density at radius 3 is 2.62 bits per heavy atom. The highest BCUT2D eigenvalue weighted by Crippen LogP contribution is 2.28. The monoisotopic (exact) mass is 523 g/mol. The number of carbonyl (C=O) groups is 1. The molecule has 2 fully saturated rings. The van der Waals surface area contributed by atoms with Crippen LogP contribution in [0.5, 0.6) is 5.75 Å². The van der Waals surface area contributed by atoms with E-state index in [9.17, 15) is 4.79 Å². The van der Waals surface area contributed by atoms with E-state index in [1.807, 2.05) is 12.1 Å². The maximum absolute atomic E-state index is 12.5. The number of nitrogens with one attached hydrogen (secondary N) is 1. The highest BCUT2D eigenvalue weighted by Gasteiger charge is 2.25. The lowest BCUT2D eigenvalue weighted by Crippen LogP contribution is -2.37. The standard InChI is InChI=1S/C26H32Cl3N3O2/c1-31-10-8-18(15-31)3-2-12-34-25-7-4-19(13-24(25)29)16-32-11-9-21(17-32)30-26(33)20-5-6-22(27)23(28)14-20/h4-7,13-14,18,21H,2-3,8-12,15-17H2,1H3,(H,30,33). The van der Waals surface area contributed by atoms with Gasteiger partial charge in [-0.1, -0.05) is 40.9 Å². The summed E-state index contributed by atoms with van der Waals surface area (Å²) in [7, 11) is 2.19. The van der Waals surface area contributed by atoms with Crippen LogP contribution >= 0.6 is 34.8 Å². The van der Waals surface area contributed by atoms with Crippen molar-refractivity contribution in [1.29, 1.82) is 0 Å². The van der Waals surface area contributed by atoms with Crippen molar-refractivity contribution in [3.63, 3.8) is 0 Å². The lowest BCUT2D eigenvalue weighted by molar-refractivity contribution is 0.0937. The molecule has 2 aromatic carbocycles. The minimum absolute atomic E-state index is 0.0969. The fourth-order valence-electron chi connectivity index (χ4n) is 4.83. The second-order valence-electron chi connectivity index (χ2n) is 9.50. The minimum Gasteiger partial charge on any atom is -0.492 e. The fraction of sp³-hybridized carbons (Fsp3) is 0.500. The Kier molecular flexibility index (Phi) is 9.00. The molecule has 2 atom stereocenters. The topological polar surface area (TPSA) is 44.8 Å². The van der Waals surface area contributed by atoms with E-state index in [-0.39, 0.29) is 11.9 Å². The lowest BCUT2D eigenvalue weighted by atomic mass is 10.0. The van der Waals surface area contributed by atoms with E-state index in [0.717, 1.165) is 49.7 Å². The summed E-state index contributed by atoms with van der Waals surface area (Å²) >= 11 is 18.5. The first-order chi connectivity index (χ1) is 16.4. The third-order valence-corrected chi connectivity index (χ3v) is 7.73. The van der Waals surface area contributed by atoms with Crippen molar-refractivity contribution in [2.75, 3.05) is 39.8 Å². The molecule has 5 nitrogen and oxygen atoms in total. The molecule has 2 aromatic rings. The zero-order chi connectivity index (χ0) is 24.1. The molecule has 184 valence electrons. The van der Waals surface area contributed by atoms with E-state index in [4.69, 9.17) is 39.5 Å². The van der Waals surface area contributed by atoms with E-state index >= 15 is 0 Å². The molecule has 0 spiro atoms. The van der Waals surface area contributed by atoms with Gasteiger partial charge in [0.25, 0.3) is 5.91 Å². The van der Waals surface area contributed by atoms with Crippen LogP contribution in [0.4, 0.5) is 0 Å². The number of amides is 1. The van der Waals surface area contributed by atoms with Crippen molar-refractivity contribution >= 4 is 40.7 Å². The van der Waals surface area contributed by atoms with Crippen LogP contribution in [-0.2, 0) is 6.54 Å². The fourth-order valence-corrected chi connectivity index (χ4v) is 5.39. The normalized spacial score (nSPS) is 21.2. The Morgan fingerprint density at radius 1 is 1.03 bits per heavy atom. The van der Waals surface area contributed by atoms with Crippen LogP contribution in [0.2, 0.25) is 15.1 Å². The molecular formula is C26H32Cl3N3O2. The summed E-state index contributed by atoms with van der Waals surface area (Å²) in [6.45, 7) is 5.60. The Balaban J connectivity index is 1.20. The molecule has 1 amide bonds. The molecular weight excluding hydrogens is 493 g/mol. The Morgan fingerprint density at radius 2 is 1.88 bits per heavy atom. The summed E-state index contributed by atoms with van der Waals surface area (Å²) in [6.07, 6.45) is 4.46. The summed E-state index contributed by atoms with van der Waals surface area (Å²) in [5.41, 5.74) is 1.66. The van der Waals surface area contributed by atoms with Gasteiger partial charge in [-0.15, -0.1) is 0 Å². The number of hydrogen-bond donors (Lipinski definition) is 1. The molecule has 8 heteroatoms. The molecule has 2 saturated heterocycles. The van der Waals surface area contributed by atoms with Crippen molar-refractivity contribution in [3.05, 3.63) is 62.6 Å². The average Bonchev–Trinajstić information content (AvgIpc) is 3.42. The maximum Gasteiger partial charge on any atom is 0.251 e. The molecule has 0 aromatic heterocycles. The van der Waals surface area contributed by atoms with Crippen molar-refractivity contribution in [2.24, 2.45) is 5.92 Å². The molecule has 0 aliphatic carbocycles. The van der Waals surface area contributed by atoms with Gasteiger partial charge in [-0.25, -0.2) is 0 Å². The van der Waals surface area contributed by atoms with Gasteiger partial charge in [0, 0.05) is 37.8 Å². The van der Waals surface area contributed by atoms with E-state index < -0.39 is 0 Å². The van der Waals surface area contributed by atoms with E-state index in [2.05, 4.69) is 28.2 Å². The van der Waals surface area contributed by atoms with Crippen molar-refractivity contribution in [2.45, 2.75) is 38.3 Å². The highest BCUT2D eigenvalue weighted by molar-refractivity contribution is 6.42. The number of benzene rings is 2. The number of hydrogen-bond acceptors (Lipinski definition) is 4. The zero-order valence-electron chi connectivity index (χ0n) is 19.5. The Labute approximate surface area is 217 Å². The molecule has 2 unspecified atom stereocenters. The predicted molar refractivity (Wildman–Crippen MR) is 139 cm³/mol.